The lowest BCUT2D eigenvalue weighted by molar-refractivity contribution is -0.133. The van der Waals surface area contributed by atoms with Gasteiger partial charge in [0.05, 0.1) is 6.04 Å². The quantitative estimate of drug-likeness (QED) is 0.829. The van der Waals surface area contributed by atoms with Gasteiger partial charge in [0.1, 0.15) is 0 Å². The van der Waals surface area contributed by atoms with Crippen molar-refractivity contribution in [3.8, 4) is 0 Å². The summed E-state index contributed by atoms with van der Waals surface area (Å²) in [6.45, 7) is 4.86. The summed E-state index contributed by atoms with van der Waals surface area (Å²) in [4.78, 5) is 23.4. The summed E-state index contributed by atoms with van der Waals surface area (Å²) in [6.07, 6.45) is 8.90. The molecule has 1 atom stereocenters. The molecule has 2 aromatic heterocycles. The lowest BCUT2D eigenvalue weighted by Crippen LogP contribution is -2.35. The largest absolute Gasteiger partial charge is 0.339 e. The fourth-order valence-electron chi connectivity index (χ4n) is 3.30. The van der Waals surface area contributed by atoms with Crippen LogP contribution in [0.4, 0.5) is 0 Å². The van der Waals surface area contributed by atoms with Crippen molar-refractivity contribution in [2.24, 2.45) is 0 Å². The third kappa shape index (κ3) is 4.44. The molecule has 6 nitrogen and oxygen atoms in total. The van der Waals surface area contributed by atoms with Crippen LogP contribution < -0.4 is 0 Å². The topological polar surface area (TPSA) is 72.1 Å². The molecular formula is C19H26N4O2. The minimum absolute atomic E-state index is 0.145. The second-order valence-electron chi connectivity index (χ2n) is 6.93. The molecular weight excluding hydrogens is 316 g/mol. The van der Waals surface area contributed by atoms with Crippen LogP contribution in [0.2, 0.25) is 0 Å². The van der Waals surface area contributed by atoms with Gasteiger partial charge in [-0.2, -0.15) is 4.98 Å². The zero-order valence-electron chi connectivity index (χ0n) is 15.0. The van der Waals surface area contributed by atoms with Crippen LogP contribution in [0.15, 0.2) is 29.0 Å². The molecule has 0 aliphatic carbocycles. The van der Waals surface area contributed by atoms with Gasteiger partial charge in [-0.3, -0.25) is 9.78 Å². The van der Waals surface area contributed by atoms with Gasteiger partial charge in [-0.1, -0.05) is 31.8 Å². The highest BCUT2D eigenvalue weighted by molar-refractivity contribution is 5.77. The first kappa shape index (κ1) is 17.6. The number of aromatic nitrogens is 3. The van der Waals surface area contributed by atoms with Gasteiger partial charge in [0.25, 0.3) is 0 Å². The number of hydrogen-bond donors (Lipinski definition) is 0. The van der Waals surface area contributed by atoms with Crippen LogP contribution in [0.25, 0.3) is 0 Å². The van der Waals surface area contributed by atoms with Crippen molar-refractivity contribution in [1.29, 1.82) is 0 Å². The number of carbonyl (C=O) groups is 1. The molecule has 1 aliphatic heterocycles. The average molecular weight is 342 g/mol. The van der Waals surface area contributed by atoms with Gasteiger partial charge in [-0.05, 0) is 30.5 Å². The van der Waals surface area contributed by atoms with E-state index >= 15 is 0 Å². The summed E-state index contributed by atoms with van der Waals surface area (Å²) in [5.74, 6) is 1.64. The normalized spacial score (nSPS) is 18.4. The standard InChI is InChI=1S/C19H26N4O2/c1-14(2)19-21-17(25-22-19)7-8-18(24)23-13-5-3-4-6-16(23)15-9-11-20-12-10-15/h9-12,14,16H,3-8,13H2,1-2H3/t16-/m0/s1. The van der Waals surface area contributed by atoms with Crippen molar-refractivity contribution in [1.82, 2.24) is 20.0 Å². The monoisotopic (exact) mass is 342 g/mol. The predicted molar refractivity (Wildman–Crippen MR) is 93.9 cm³/mol. The molecule has 3 heterocycles. The molecule has 134 valence electrons. The Morgan fingerprint density at radius 3 is 2.80 bits per heavy atom. The number of hydrogen-bond acceptors (Lipinski definition) is 5. The van der Waals surface area contributed by atoms with Crippen LogP contribution in [0.3, 0.4) is 0 Å². The Hall–Kier alpha value is -2.24. The number of pyridine rings is 1. The first-order valence-corrected chi connectivity index (χ1v) is 9.17. The molecule has 1 saturated heterocycles. The maximum Gasteiger partial charge on any atom is 0.227 e. The van der Waals surface area contributed by atoms with Crippen molar-refractivity contribution >= 4 is 5.91 Å². The van der Waals surface area contributed by atoms with Crippen molar-refractivity contribution in [2.75, 3.05) is 6.54 Å². The highest BCUT2D eigenvalue weighted by atomic mass is 16.5. The molecule has 3 rings (SSSR count). The van der Waals surface area contributed by atoms with Gasteiger partial charge in [-0.15, -0.1) is 0 Å². The second kappa shape index (κ2) is 8.23. The molecule has 0 saturated carbocycles. The summed E-state index contributed by atoms with van der Waals surface area (Å²) < 4.78 is 5.26. The van der Waals surface area contributed by atoms with E-state index in [1.807, 2.05) is 30.9 Å². The van der Waals surface area contributed by atoms with E-state index in [9.17, 15) is 4.79 Å². The number of rotatable bonds is 5. The van der Waals surface area contributed by atoms with Gasteiger partial charge in [-0.25, -0.2) is 0 Å². The Labute approximate surface area is 148 Å². The Morgan fingerprint density at radius 2 is 2.08 bits per heavy atom. The number of carbonyl (C=O) groups excluding carboxylic acids is 1. The highest BCUT2D eigenvalue weighted by Crippen LogP contribution is 2.30. The maximum absolute atomic E-state index is 12.9. The summed E-state index contributed by atoms with van der Waals surface area (Å²) in [6, 6.07) is 4.18. The van der Waals surface area contributed by atoms with Gasteiger partial charge < -0.3 is 9.42 Å². The molecule has 1 fully saturated rings. The highest BCUT2D eigenvalue weighted by Gasteiger charge is 2.26. The van der Waals surface area contributed by atoms with Crippen molar-refractivity contribution < 1.29 is 9.32 Å². The van der Waals surface area contributed by atoms with Crippen LogP contribution in [0.1, 0.15) is 75.2 Å². The number of nitrogens with zero attached hydrogens (tertiary/aromatic N) is 4. The Kier molecular flexibility index (Phi) is 5.79. The SMILES string of the molecule is CC(C)c1noc(CCC(=O)N2CCCCC[C@H]2c2ccncc2)n1. The molecule has 0 aromatic carbocycles. The van der Waals surface area contributed by atoms with E-state index < -0.39 is 0 Å². The first-order valence-electron chi connectivity index (χ1n) is 9.17. The maximum atomic E-state index is 12.9. The lowest BCUT2D eigenvalue weighted by atomic mass is 10.0. The first-order chi connectivity index (χ1) is 12.1. The Balaban J connectivity index is 1.67. The molecule has 0 radical (unpaired) electrons. The predicted octanol–water partition coefficient (Wildman–Crippen LogP) is 3.66. The lowest BCUT2D eigenvalue weighted by Gasteiger charge is -2.30. The molecule has 0 spiro atoms. The average Bonchev–Trinajstić information content (AvgIpc) is 2.97. The third-order valence-electron chi connectivity index (χ3n) is 4.72. The van der Waals surface area contributed by atoms with Crippen molar-refractivity contribution in [3.63, 3.8) is 0 Å². The number of amides is 1. The number of likely N-dealkylation sites (tertiary alicyclic amines) is 1. The minimum atomic E-state index is 0.145. The van der Waals surface area contributed by atoms with Crippen LogP contribution >= 0.6 is 0 Å². The summed E-state index contributed by atoms with van der Waals surface area (Å²) >= 11 is 0. The van der Waals surface area contributed by atoms with Gasteiger partial charge >= 0.3 is 0 Å². The van der Waals surface area contributed by atoms with E-state index in [1.165, 1.54) is 12.0 Å². The molecule has 1 aliphatic rings. The van der Waals surface area contributed by atoms with E-state index in [1.54, 1.807) is 12.4 Å². The summed E-state index contributed by atoms with van der Waals surface area (Å²) in [5, 5.41) is 3.97. The van der Waals surface area contributed by atoms with Crippen LogP contribution in [-0.4, -0.2) is 32.5 Å². The molecule has 0 N–H and O–H groups in total. The van der Waals surface area contributed by atoms with Crippen LogP contribution in [0.5, 0.6) is 0 Å². The second-order valence-corrected chi connectivity index (χ2v) is 6.93. The molecule has 0 bridgehead atoms. The Bertz CT molecular complexity index is 684. The third-order valence-corrected chi connectivity index (χ3v) is 4.72. The van der Waals surface area contributed by atoms with Gasteiger partial charge in [0, 0.05) is 37.7 Å². The van der Waals surface area contributed by atoms with Crippen LogP contribution in [-0.2, 0) is 11.2 Å². The van der Waals surface area contributed by atoms with E-state index in [-0.39, 0.29) is 17.9 Å². The smallest absolute Gasteiger partial charge is 0.227 e. The van der Waals surface area contributed by atoms with Crippen LogP contribution in [0, 0.1) is 0 Å². The van der Waals surface area contributed by atoms with Crippen molar-refractivity contribution in [2.45, 2.75) is 64.3 Å². The molecule has 0 unspecified atom stereocenters. The zero-order valence-corrected chi connectivity index (χ0v) is 15.0. The molecule has 6 heteroatoms. The van der Waals surface area contributed by atoms with Gasteiger partial charge in [0.2, 0.25) is 11.8 Å². The van der Waals surface area contributed by atoms with E-state index in [4.69, 9.17) is 4.52 Å². The Morgan fingerprint density at radius 1 is 1.28 bits per heavy atom. The fraction of sp³-hybridized carbons (Fsp3) is 0.579. The number of aryl methyl sites for hydroxylation is 1. The summed E-state index contributed by atoms with van der Waals surface area (Å²) in [5.41, 5.74) is 1.17. The van der Waals surface area contributed by atoms with E-state index in [2.05, 4.69) is 15.1 Å². The zero-order chi connectivity index (χ0) is 17.6. The minimum Gasteiger partial charge on any atom is -0.339 e. The van der Waals surface area contributed by atoms with Gasteiger partial charge in [0.15, 0.2) is 5.82 Å². The molecule has 2 aromatic rings. The molecule has 1 amide bonds. The molecule has 25 heavy (non-hydrogen) atoms. The fourth-order valence-corrected chi connectivity index (χ4v) is 3.30. The van der Waals surface area contributed by atoms with Crippen molar-refractivity contribution in [3.05, 3.63) is 41.8 Å². The summed E-state index contributed by atoms with van der Waals surface area (Å²) in [7, 11) is 0. The van der Waals surface area contributed by atoms with E-state index in [0.717, 1.165) is 25.8 Å². The van der Waals surface area contributed by atoms with E-state index in [0.29, 0.717) is 24.6 Å².